The average Bonchev–Trinajstić information content (AvgIpc) is 2.93. The first kappa shape index (κ1) is 15.0. The van der Waals surface area contributed by atoms with Crippen LogP contribution >= 0.6 is 0 Å². The van der Waals surface area contributed by atoms with Crippen LogP contribution in [-0.2, 0) is 0 Å². The van der Waals surface area contributed by atoms with Gasteiger partial charge in [0.15, 0.2) is 5.78 Å². The van der Waals surface area contributed by atoms with Crippen molar-refractivity contribution in [2.24, 2.45) is 0 Å². The molecule has 0 saturated carbocycles. The van der Waals surface area contributed by atoms with Gasteiger partial charge in [0.1, 0.15) is 5.75 Å². The van der Waals surface area contributed by atoms with E-state index in [1.165, 1.54) is 6.92 Å². The van der Waals surface area contributed by atoms with Gasteiger partial charge in [-0.2, -0.15) is 0 Å². The van der Waals surface area contributed by atoms with E-state index >= 15 is 0 Å². The number of fused-ring (bicyclic) bond motifs is 1. The Morgan fingerprint density at radius 1 is 1.04 bits per heavy atom. The fourth-order valence-electron chi connectivity index (χ4n) is 2.65. The van der Waals surface area contributed by atoms with E-state index in [0.29, 0.717) is 22.6 Å². The maximum Gasteiger partial charge on any atom is 0.209 e. The molecule has 3 rings (SSSR count). The summed E-state index contributed by atoms with van der Waals surface area (Å²) in [6.45, 7) is 3.47. The molecule has 0 aliphatic carbocycles. The number of ether oxygens (including phenoxy) is 1. The van der Waals surface area contributed by atoms with Crippen LogP contribution in [-0.4, -0.2) is 23.1 Å². The van der Waals surface area contributed by atoms with Crippen molar-refractivity contribution in [3.8, 4) is 5.75 Å². The van der Waals surface area contributed by atoms with Crippen LogP contribution in [0.5, 0.6) is 5.75 Å². The second-order valence-electron chi connectivity index (χ2n) is 5.52. The Morgan fingerprint density at radius 2 is 1.74 bits per heavy atom. The van der Waals surface area contributed by atoms with Gasteiger partial charge >= 0.3 is 0 Å². The van der Waals surface area contributed by atoms with Crippen molar-refractivity contribution in [3.63, 3.8) is 0 Å². The van der Waals surface area contributed by atoms with Gasteiger partial charge in [0, 0.05) is 17.3 Å². The zero-order chi connectivity index (χ0) is 16.6. The molecule has 0 amide bonds. The second-order valence-corrected chi connectivity index (χ2v) is 5.52. The molecule has 2 heterocycles. The molecule has 0 spiro atoms. The molecule has 0 aliphatic rings. The number of benzene rings is 1. The quantitative estimate of drug-likeness (QED) is 0.691. The van der Waals surface area contributed by atoms with Crippen molar-refractivity contribution in [1.29, 1.82) is 0 Å². The molecular weight excluding hydrogens is 290 g/mol. The Morgan fingerprint density at radius 3 is 2.35 bits per heavy atom. The van der Waals surface area contributed by atoms with Gasteiger partial charge in [0.2, 0.25) is 5.78 Å². The topological polar surface area (TPSA) is 47.8 Å². The lowest BCUT2D eigenvalue weighted by atomic mass is 10.1. The van der Waals surface area contributed by atoms with Crippen molar-refractivity contribution < 1.29 is 14.3 Å². The standard InChI is InChI=1S/C19H17NO3/c1-12-8-9-20-17(10-12)16(13(2)21)11-18(20)19(22)14-4-6-15(23-3)7-5-14/h4-11H,1-3H3. The number of hydrogen-bond donors (Lipinski definition) is 0. The number of methoxy groups -OCH3 is 1. The zero-order valence-corrected chi connectivity index (χ0v) is 13.3. The third-order valence-electron chi connectivity index (χ3n) is 3.89. The molecule has 4 nitrogen and oxygen atoms in total. The minimum atomic E-state index is -0.126. The van der Waals surface area contributed by atoms with E-state index < -0.39 is 0 Å². The monoisotopic (exact) mass is 307 g/mol. The van der Waals surface area contributed by atoms with Crippen molar-refractivity contribution in [1.82, 2.24) is 4.40 Å². The van der Waals surface area contributed by atoms with Crippen LogP contribution in [0.2, 0.25) is 0 Å². The van der Waals surface area contributed by atoms with Crippen molar-refractivity contribution in [2.45, 2.75) is 13.8 Å². The fraction of sp³-hybridized carbons (Fsp3) is 0.158. The Balaban J connectivity index is 2.15. The van der Waals surface area contributed by atoms with Crippen LogP contribution in [0.3, 0.4) is 0 Å². The van der Waals surface area contributed by atoms with Gasteiger partial charge in [-0.3, -0.25) is 9.59 Å². The molecule has 0 bridgehead atoms. The third-order valence-corrected chi connectivity index (χ3v) is 3.89. The summed E-state index contributed by atoms with van der Waals surface area (Å²) in [4.78, 5) is 24.7. The number of hydrogen-bond acceptors (Lipinski definition) is 3. The summed E-state index contributed by atoms with van der Waals surface area (Å²) in [5, 5.41) is 0. The predicted molar refractivity (Wildman–Crippen MR) is 88.6 cm³/mol. The Bertz CT molecular complexity index is 904. The summed E-state index contributed by atoms with van der Waals surface area (Å²) in [7, 11) is 1.58. The highest BCUT2D eigenvalue weighted by Gasteiger charge is 2.18. The summed E-state index contributed by atoms with van der Waals surface area (Å²) >= 11 is 0. The van der Waals surface area contributed by atoms with Crippen molar-refractivity contribution in [2.75, 3.05) is 7.11 Å². The Hall–Kier alpha value is -2.88. The highest BCUT2D eigenvalue weighted by Crippen LogP contribution is 2.22. The molecule has 0 N–H and O–H groups in total. The van der Waals surface area contributed by atoms with Gasteiger partial charge in [-0.15, -0.1) is 0 Å². The molecule has 4 heteroatoms. The van der Waals surface area contributed by atoms with E-state index in [-0.39, 0.29) is 11.6 Å². The largest absolute Gasteiger partial charge is 0.497 e. The first-order chi connectivity index (χ1) is 11.0. The minimum absolute atomic E-state index is 0.0538. The molecule has 0 fully saturated rings. The first-order valence-corrected chi connectivity index (χ1v) is 7.32. The molecule has 0 radical (unpaired) electrons. The molecule has 0 atom stereocenters. The number of aryl methyl sites for hydroxylation is 1. The van der Waals surface area contributed by atoms with Gasteiger partial charge in [-0.1, -0.05) is 0 Å². The minimum Gasteiger partial charge on any atom is -0.497 e. The van der Waals surface area contributed by atoms with E-state index in [1.807, 2.05) is 25.3 Å². The van der Waals surface area contributed by atoms with Crippen molar-refractivity contribution in [3.05, 3.63) is 71.0 Å². The van der Waals surface area contributed by atoms with Crippen LogP contribution in [0.1, 0.15) is 38.9 Å². The van der Waals surface area contributed by atoms with Gasteiger partial charge in [-0.05, 0) is 61.9 Å². The maximum atomic E-state index is 12.8. The number of ketones is 2. The number of pyridine rings is 1. The highest BCUT2D eigenvalue weighted by atomic mass is 16.5. The van der Waals surface area contributed by atoms with E-state index in [9.17, 15) is 9.59 Å². The number of Topliss-reactive ketones (excluding diaryl/α,β-unsaturated/α-hetero) is 1. The summed E-state index contributed by atoms with van der Waals surface area (Å²) in [6, 6.07) is 12.5. The number of aromatic nitrogens is 1. The fourth-order valence-corrected chi connectivity index (χ4v) is 2.65. The summed E-state index contributed by atoms with van der Waals surface area (Å²) in [6.07, 6.45) is 1.83. The number of carbonyl (C=O) groups excluding carboxylic acids is 2. The number of rotatable bonds is 4. The molecular formula is C19H17NO3. The highest BCUT2D eigenvalue weighted by molar-refractivity contribution is 6.12. The first-order valence-electron chi connectivity index (χ1n) is 7.32. The molecule has 3 aromatic rings. The van der Waals surface area contributed by atoms with Gasteiger partial charge < -0.3 is 9.14 Å². The number of nitrogens with zero attached hydrogens (tertiary/aromatic N) is 1. The smallest absolute Gasteiger partial charge is 0.209 e. The van der Waals surface area contributed by atoms with Crippen molar-refractivity contribution >= 4 is 17.1 Å². The average molecular weight is 307 g/mol. The van der Waals surface area contributed by atoms with Gasteiger partial charge in [0.25, 0.3) is 0 Å². The molecule has 1 aromatic carbocycles. The molecule has 0 aliphatic heterocycles. The van der Waals surface area contributed by atoms with Crippen LogP contribution < -0.4 is 4.74 Å². The van der Waals surface area contributed by atoms with E-state index in [1.54, 1.807) is 41.8 Å². The second kappa shape index (κ2) is 5.72. The third kappa shape index (κ3) is 2.63. The lowest BCUT2D eigenvalue weighted by molar-refractivity contribution is 0.101. The lowest BCUT2D eigenvalue weighted by Gasteiger charge is -2.05. The Labute approximate surface area is 134 Å². The van der Waals surface area contributed by atoms with Crippen LogP contribution in [0.4, 0.5) is 0 Å². The summed E-state index contributed by atoms with van der Waals surface area (Å²) in [5.41, 5.74) is 3.40. The normalized spacial score (nSPS) is 10.7. The summed E-state index contributed by atoms with van der Waals surface area (Å²) < 4.78 is 6.89. The van der Waals surface area contributed by atoms with Crippen LogP contribution in [0, 0.1) is 6.92 Å². The molecule has 2 aromatic heterocycles. The zero-order valence-electron chi connectivity index (χ0n) is 13.3. The predicted octanol–water partition coefficient (Wildman–Crippen LogP) is 3.69. The number of carbonyl (C=O) groups is 2. The molecule has 0 unspecified atom stereocenters. The SMILES string of the molecule is COc1ccc(C(=O)c2cc(C(C)=O)c3cc(C)ccn23)cc1. The lowest BCUT2D eigenvalue weighted by Crippen LogP contribution is -2.05. The molecule has 116 valence electrons. The maximum absolute atomic E-state index is 12.8. The summed E-state index contributed by atoms with van der Waals surface area (Å²) in [5.74, 6) is 0.516. The Kier molecular flexibility index (Phi) is 3.74. The molecule has 23 heavy (non-hydrogen) atoms. The van der Waals surface area contributed by atoms with Crippen LogP contribution in [0.25, 0.3) is 5.52 Å². The van der Waals surface area contributed by atoms with E-state index in [2.05, 4.69) is 0 Å². The van der Waals surface area contributed by atoms with E-state index in [0.717, 1.165) is 11.1 Å². The van der Waals surface area contributed by atoms with Crippen LogP contribution in [0.15, 0.2) is 48.7 Å². The van der Waals surface area contributed by atoms with E-state index in [4.69, 9.17) is 4.74 Å². The van der Waals surface area contributed by atoms with Gasteiger partial charge in [0.05, 0.1) is 18.3 Å². The molecule has 0 saturated heterocycles. The van der Waals surface area contributed by atoms with Gasteiger partial charge in [-0.25, -0.2) is 0 Å².